The molecule has 0 atom stereocenters. The molecule has 0 aliphatic carbocycles. The van der Waals surface area contributed by atoms with Crippen molar-refractivity contribution >= 4 is 29.0 Å². The number of nitrogens with one attached hydrogen (secondary N) is 1. The van der Waals surface area contributed by atoms with Gasteiger partial charge in [0, 0.05) is 23.5 Å². The minimum atomic E-state index is -0.720. The number of halogens is 1. The fourth-order valence-corrected chi connectivity index (χ4v) is 3.10. The number of nitrogens with two attached hydrogens (primary N) is 1. The zero-order valence-corrected chi connectivity index (χ0v) is 17.0. The molecule has 2 aromatic heterocycles. The molecule has 2 heterocycles. The number of anilines is 2. The zero-order chi connectivity index (χ0) is 21.8. The number of phenols is 1. The molecule has 0 aliphatic heterocycles. The quantitative estimate of drug-likeness (QED) is 0.403. The van der Waals surface area contributed by atoms with E-state index in [2.05, 4.69) is 15.4 Å². The molecule has 4 N–H and O–H groups in total. The average Bonchev–Trinajstić information content (AvgIpc) is 3.19. The summed E-state index contributed by atoms with van der Waals surface area (Å²) in [6.07, 6.45) is 3.19. The van der Waals surface area contributed by atoms with Crippen LogP contribution in [-0.4, -0.2) is 25.8 Å². The summed E-state index contributed by atoms with van der Waals surface area (Å²) in [7, 11) is 0. The highest BCUT2D eigenvalue weighted by Crippen LogP contribution is 2.26. The van der Waals surface area contributed by atoms with Gasteiger partial charge in [-0.15, -0.1) is 0 Å². The van der Waals surface area contributed by atoms with Crippen LogP contribution < -0.4 is 15.8 Å². The molecular weight excluding hydrogens is 418 g/mol. The van der Waals surface area contributed by atoms with Crippen LogP contribution in [0.5, 0.6) is 11.5 Å². The van der Waals surface area contributed by atoms with E-state index in [4.69, 9.17) is 22.1 Å². The molecule has 0 spiro atoms. The number of para-hydroxylation sites is 1. The topological polar surface area (TPSA) is 115 Å². The van der Waals surface area contributed by atoms with Gasteiger partial charge < -0.3 is 20.9 Å². The second-order valence-electron chi connectivity index (χ2n) is 6.61. The zero-order valence-electron chi connectivity index (χ0n) is 16.2. The number of hydrogen-bond acceptors (Lipinski definition) is 6. The third-order valence-electron chi connectivity index (χ3n) is 4.39. The van der Waals surface area contributed by atoms with Crippen LogP contribution in [0.25, 0.3) is 5.69 Å². The molecular formula is C22H18ClN5O3. The van der Waals surface area contributed by atoms with Crippen molar-refractivity contribution in [1.29, 1.82) is 0 Å². The second kappa shape index (κ2) is 8.76. The standard InChI is InChI=1S/C22H18ClN5O3/c23-18-11-17(29)7-6-14(18)13-31-19-12-28(27-21(19)22(24)30)16-8-9-25-20(10-16)26-15-4-2-1-3-5-15/h1-12,29H,13H2,(H2,24,30)(H,25,26). The van der Waals surface area contributed by atoms with Crippen LogP contribution in [-0.2, 0) is 6.61 Å². The maximum Gasteiger partial charge on any atom is 0.273 e. The predicted molar refractivity (Wildman–Crippen MR) is 117 cm³/mol. The number of hydrogen-bond donors (Lipinski definition) is 3. The molecule has 1 amide bonds. The number of aromatic hydroxyl groups is 1. The molecule has 0 saturated carbocycles. The maximum atomic E-state index is 11.9. The minimum absolute atomic E-state index is 0.00992. The highest BCUT2D eigenvalue weighted by atomic mass is 35.5. The lowest BCUT2D eigenvalue weighted by Gasteiger charge is -2.08. The number of phenolic OH excluding ortho intramolecular Hbond substituents is 1. The number of carbonyl (C=O) groups is 1. The Morgan fingerprint density at radius 1 is 1.16 bits per heavy atom. The fourth-order valence-electron chi connectivity index (χ4n) is 2.88. The second-order valence-corrected chi connectivity index (χ2v) is 7.01. The predicted octanol–water partition coefficient (Wildman–Crippen LogP) is 4.05. The molecule has 8 nitrogen and oxygen atoms in total. The number of aromatic nitrogens is 3. The number of pyridine rings is 1. The Hall–Kier alpha value is -4.04. The molecule has 9 heteroatoms. The van der Waals surface area contributed by atoms with Crippen molar-refractivity contribution in [2.75, 3.05) is 5.32 Å². The average molecular weight is 436 g/mol. The van der Waals surface area contributed by atoms with Crippen molar-refractivity contribution in [3.05, 3.63) is 89.3 Å². The summed E-state index contributed by atoms with van der Waals surface area (Å²) in [5.41, 5.74) is 7.66. The van der Waals surface area contributed by atoms with Crippen LogP contribution in [0.2, 0.25) is 5.02 Å². The molecule has 0 aliphatic rings. The van der Waals surface area contributed by atoms with Crippen LogP contribution in [0, 0.1) is 0 Å². The van der Waals surface area contributed by atoms with E-state index in [-0.39, 0.29) is 23.8 Å². The minimum Gasteiger partial charge on any atom is -0.508 e. The van der Waals surface area contributed by atoms with E-state index in [1.165, 1.54) is 16.8 Å². The smallest absolute Gasteiger partial charge is 0.273 e. The van der Waals surface area contributed by atoms with Crippen molar-refractivity contribution in [2.45, 2.75) is 6.61 Å². The third kappa shape index (κ3) is 4.76. The molecule has 0 fully saturated rings. The van der Waals surface area contributed by atoms with Crippen LogP contribution in [0.3, 0.4) is 0 Å². The lowest BCUT2D eigenvalue weighted by Crippen LogP contribution is -2.14. The SMILES string of the molecule is NC(=O)c1nn(-c2ccnc(Nc3ccccc3)c2)cc1OCc1ccc(O)cc1Cl. The van der Waals surface area contributed by atoms with Crippen molar-refractivity contribution in [1.82, 2.24) is 14.8 Å². The van der Waals surface area contributed by atoms with Gasteiger partial charge in [0.1, 0.15) is 18.2 Å². The van der Waals surface area contributed by atoms with Gasteiger partial charge >= 0.3 is 0 Å². The highest BCUT2D eigenvalue weighted by molar-refractivity contribution is 6.31. The summed E-state index contributed by atoms with van der Waals surface area (Å²) < 4.78 is 7.24. The van der Waals surface area contributed by atoms with Crippen molar-refractivity contribution in [2.24, 2.45) is 5.73 Å². The van der Waals surface area contributed by atoms with Crippen LogP contribution in [0.15, 0.2) is 73.1 Å². The van der Waals surface area contributed by atoms with Gasteiger partial charge in [0.2, 0.25) is 0 Å². The van der Waals surface area contributed by atoms with E-state index < -0.39 is 5.91 Å². The van der Waals surface area contributed by atoms with E-state index in [9.17, 15) is 9.90 Å². The summed E-state index contributed by atoms with van der Waals surface area (Å²) in [4.78, 5) is 16.2. The lowest BCUT2D eigenvalue weighted by atomic mass is 10.2. The van der Waals surface area contributed by atoms with Gasteiger partial charge in [0.05, 0.1) is 16.9 Å². The Bertz CT molecular complexity index is 1230. The number of primary amides is 1. The Labute approximate surface area is 182 Å². The van der Waals surface area contributed by atoms with Gasteiger partial charge in [-0.2, -0.15) is 5.10 Å². The normalized spacial score (nSPS) is 10.6. The first-order chi connectivity index (χ1) is 15.0. The molecule has 2 aromatic carbocycles. The molecule has 0 saturated heterocycles. The summed E-state index contributed by atoms with van der Waals surface area (Å²) in [5, 5.41) is 17.3. The number of ether oxygens (including phenoxy) is 1. The van der Waals surface area contributed by atoms with Gasteiger partial charge in [-0.25, -0.2) is 9.67 Å². The van der Waals surface area contributed by atoms with Crippen molar-refractivity contribution in [3.63, 3.8) is 0 Å². The van der Waals surface area contributed by atoms with Crippen molar-refractivity contribution < 1.29 is 14.6 Å². The van der Waals surface area contributed by atoms with E-state index in [0.29, 0.717) is 22.1 Å². The first-order valence-corrected chi connectivity index (χ1v) is 9.65. The summed E-state index contributed by atoms with van der Waals surface area (Å²) >= 11 is 6.12. The number of carbonyl (C=O) groups excluding carboxylic acids is 1. The van der Waals surface area contributed by atoms with Gasteiger partial charge in [-0.1, -0.05) is 35.9 Å². The molecule has 0 unspecified atom stereocenters. The van der Waals surface area contributed by atoms with Gasteiger partial charge in [-0.3, -0.25) is 4.79 Å². The lowest BCUT2D eigenvalue weighted by molar-refractivity contribution is 0.0991. The Balaban J connectivity index is 1.58. The molecule has 0 bridgehead atoms. The molecule has 0 radical (unpaired) electrons. The Kier molecular flexibility index (Phi) is 5.72. The number of nitrogens with zero attached hydrogens (tertiary/aromatic N) is 3. The van der Waals surface area contributed by atoms with Gasteiger partial charge in [0.15, 0.2) is 11.4 Å². The first kappa shape index (κ1) is 20.2. The van der Waals surface area contributed by atoms with E-state index in [1.54, 1.807) is 30.6 Å². The van der Waals surface area contributed by atoms with Crippen LogP contribution in [0.1, 0.15) is 16.1 Å². The highest BCUT2D eigenvalue weighted by Gasteiger charge is 2.17. The van der Waals surface area contributed by atoms with Crippen LogP contribution >= 0.6 is 11.6 Å². The van der Waals surface area contributed by atoms with E-state index >= 15 is 0 Å². The molecule has 4 aromatic rings. The largest absolute Gasteiger partial charge is 0.508 e. The Morgan fingerprint density at radius 3 is 2.71 bits per heavy atom. The fraction of sp³-hybridized carbons (Fsp3) is 0.0455. The van der Waals surface area contributed by atoms with Crippen molar-refractivity contribution in [3.8, 4) is 17.2 Å². The molecule has 156 valence electrons. The van der Waals surface area contributed by atoms with Crippen LogP contribution in [0.4, 0.5) is 11.5 Å². The first-order valence-electron chi connectivity index (χ1n) is 9.28. The number of amides is 1. The summed E-state index contributed by atoms with van der Waals surface area (Å²) in [6, 6.07) is 17.7. The Morgan fingerprint density at radius 2 is 1.97 bits per heavy atom. The summed E-state index contributed by atoms with van der Waals surface area (Å²) in [5.74, 6) is 0.156. The molecule has 31 heavy (non-hydrogen) atoms. The number of benzene rings is 2. The number of rotatable bonds is 7. The molecule has 4 rings (SSSR count). The van der Waals surface area contributed by atoms with E-state index in [1.807, 2.05) is 30.3 Å². The van der Waals surface area contributed by atoms with E-state index in [0.717, 1.165) is 5.69 Å². The maximum absolute atomic E-state index is 11.9. The summed E-state index contributed by atoms with van der Waals surface area (Å²) in [6.45, 7) is 0.0717. The van der Waals surface area contributed by atoms with Gasteiger partial charge in [0.25, 0.3) is 5.91 Å². The monoisotopic (exact) mass is 435 g/mol. The third-order valence-corrected chi connectivity index (χ3v) is 4.74. The van der Waals surface area contributed by atoms with Gasteiger partial charge in [-0.05, 0) is 30.3 Å².